The summed E-state index contributed by atoms with van der Waals surface area (Å²) in [5, 5.41) is 0. The van der Waals surface area contributed by atoms with E-state index < -0.39 is 17.5 Å². The molecule has 1 saturated carbocycles. The van der Waals surface area contributed by atoms with Gasteiger partial charge < -0.3 is 14.7 Å². The zero-order chi connectivity index (χ0) is 28.4. The molecule has 0 radical (unpaired) electrons. The minimum atomic E-state index is -4.50. The minimum Gasteiger partial charge on any atom is -0.341 e. The van der Waals surface area contributed by atoms with Gasteiger partial charge in [0.2, 0.25) is 5.91 Å². The van der Waals surface area contributed by atoms with Crippen LogP contribution in [0.25, 0.3) is 0 Å². The number of halogens is 4. The first-order valence-electron chi connectivity index (χ1n) is 15.2. The Morgan fingerprint density at radius 3 is 2.20 bits per heavy atom. The third kappa shape index (κ3) is 4.83. The summed E-state index contributed by atoms with van der Waals surface area (Å²) in [5.74, 6) is -0.624. The molecule has 228 valence electrons. The number of hydrogen-bond acceptors (Lipinski definition) is 3. The topological polar surface area (TPSA) is 47.1 Å². The standard InChI is InChI=1S/C31H43F3N4O2.ClH/c1-4-35-20-29(38(21(2)3)28(35)40)15-24-11-12-25(16-29)37(24)18-23-17-36(19-26(23)22-9-6-5-7-10-22)27(39)30(13-8-14-30)31(32,33)34;/h5-7,9-10,21,23-26H,4,8,11-20H2,1-3H3;1H/t23-,24?,25?,26-,29?;/m1./s1. The molecular weight excluding hydrogens is 553 g/mol. The number of rotatable bonds is 6. The molecule has 6 nitrogen and oxygen atoms in total. The SMILES string of the molecule is CCN1CC2(CC3CCC(C2)N3C[C@H]2CN(C(=O)C3(C(F)(F)F)CCC3)C[C@@H]2c2ccccc2)N(C(C)C)C1=O.Cl. The monoisotopic (exact) mass is 596 g/mol. The van der Waals surface area contributed by atoms with Crippen molar-refractivity contribution in [2.75, 3.05) is 32.7 Å². The molecule has 10 heteroatoms. The summed E-state index contributed by atoms with van der Waals surface area (Å²) >= 11 is 0. The van der Waals surface area contributed by atoms with Gasteiger partial charge in [0.25, 0.3) is 0 Å². The maximum atomic E-state index is 14.1. The van der Waals surface area contributed by atoms with Crippen LogP contribution in [0.3, 0.4) is 0 Å². The molecule has 5 fully saturated rings. The summed E-state index contributed by atoms with van der Waals surface area (Å²) in [6.45, 7) is 9.25. The molecule has 3 amide bonds. The molecule has 0 N–H and O–H groups in total. The second-order valence-electron chi connectivity index (χ2n) is 13.4. The average Bonchev–Trinajstić information content (AvgIpc) is 3.48. The number of likely N-dealkylation sites (tertiary alicyclic amines) is 1. The largest absolute Gasteiger partial charge is 0.403 e. The van der Waals surface area contributed by atoms with Crippen molar-refractivity contribution in [2.45, 2.75) is 101 Å². The third-order valence-corrected chi connectivity index (χ3v) is 10.9. The van der Waals surface area contributed by atoms with Crippen LogP contribution in [0.2, 0.25) is 0 Å². The normalized spacial score (nSPS) is 33.0. The maximum Gasteiger partial charge on any atom is 0.403 e. The number of benzene rings is 1. The van der Waals surface area contributed by atoms with Crippen LogP contribution in [0.1, 0.15) is 77.2 Å². The van der Waals surface area contributed by atoms with Crippen molar-refractivity contribution in [2.24, 2.45) is 11.3 Å². The molecule has 5 aliphatic rings. The van der Waals surface area contributed by atoms with Crippen molar-refractivity contribution in [3.05, 3.63) is 35.9 Å². The molecule has 4 saturated heterocycles. The lowest BCUT2D eigenvalue weighted by Gasteiger charge is -2.50. The van der Waals surface area contributed by atoms with Crippen LogP contribution in [0.5, 0.6) is 0 Å². The molecule has 4 heterocycles. The van der Waals surface area contributed by atoms with Crippen molar-refractivity contribution in [1.29, 1.82) is 0 Å². The van der Waals surface area contributed by atoms with E-state index in [0.29, 0.717) is 38.1 Å². The predicted molar refractivity (Wildman–Crippen MR) is 154 cm³/mol. The van der Waals surface area contributed by atoms with Crippen LogP contribution >= 0.6 is 12.4 Å². The lowest BCUT2D eigenvalue weighted by Crippen LogP contribution is -2.60. The van der Waals surface area contributed by atoms with Crippen LogP contribution in [0.4, 0.5) is 18.0 Å². The molecule has 1 aliphatic carbocycles. The van der Waals surface area contributed by atoms with E-state index in [1.165, 1.54) is 4.90 Å². The van der Waals surface area contributed by atoms with Gasteiger partial charge in [0, 0.05) is 56.8 Å². The molecule has 2 unspecified atom stereocenters. The van der Waals surface area contributed by atoms with Crippen LogP contribution in [-0.4, -0.2) is 94.1 Å². The van der Waals surface area contributed by atoms with E-state index in [9.17, 15) is 22.8 Å². The summed E-state index contributed by atoms with van der Waals surface area (Å²) in [7, 11) is 0. The highest BCUT2D eigenvalue weighted by Crippen LogP contribution is 2.55. The minimum absolute atomic E-state index is 0. The van der Waals surface area contributed by atoms with Crippen molar-refractivity contribution >= 4 is 24.3 Å². The van der Waals surface area contributed by atoms with Gasteiger partial charge in [-0.1, -0.05) is 36.8 Å². The summed E-state index contributed by atoms with van der Waals surface area (Å²) < 4.78 is 42.3. The first-order valence-corrected chi connectivity index (χ1v) is 15.2. The Morgan fingerprint density at radius 1 is 1.05 bits per heavy atom. The number of urea groups is 1. The first kappa shape index (κ1) is 30.5. The Morgan fingerprint density at radius 2 is 1.68 bits per heavy atom. The van der Waals surface area contributed by atoms with Gasteiger partial charge in [0.05, 0.1) is 5.54 Å². The van der Waals surface area contributed by atoms with Gasteiger partial charge in [0.15, 0.2) is 0 Å². The van der Waals surface area contributed by atoms with Crippen molar-refractivity contribution < 1.29 is 22.8 Å². The molecular formula is C31H44ClF3N4O2. The molecule has 1 aromatic carbocycles. The van der Waals surface area contributed by atoms with Crippen LogP contribution < -0.4 is 0 Å². The summed E-state index contributed by atoms with van der Waals surface area (Å²) in [4.78, 5) is 35.0. The summed E-state index contributed by atoms with van der Waals surface area (Å²) in [6, 6.07) is 11.0. The Hall–Kier alpha value is -2.00. The van der Waals surface area contributed by atoms with Crippen LogP contribution in [-0.2, 0) is 4.79 Å². The van der Waals surface area contributed by atoms with Gasteiger partial charge in [-0.2, -0.15) is 13.2 Å². The molecule has 1 spiro atoms. The molecule has 4 atom stereocenters. The Balaban J connectivity index is 0.00000337. The van der Waals surface area contributed by atoms with Crippen molar-refractivity contribution in [3.8, 4) is 0 Å². The molecule has 6 rings (SSSR count). The number of amides is 3. The van der Waals surface area contributed by atoms with E-state index in [4.69, 9.17) is 0 Å². The lowest BCUT2D eigenvalue weighted by atomic mass is 9.67. The molecule has 41 heavy (non-hydrogen) atoms. The Labute approximate surface area is 248 Å². The maximum absolute atomic E-state index is 14.1. The van der Waals surface area contributed by atoms with Crippen molar-refractivity contribution in [1.82, 2.24) is 19.6 Å². The number of fused-ring (bicyclic) bond motifs is 2. The Kier molecular flexibility index (Phi) is 8.12. The second kappa shape index (κ2) is 10.9. The summed E-state index contributed by atoms with van der Waals surface area (Å²) in [6.07, 6.45) is -0.192. The smallest absolute Gasteiger partial charge is 0.341 e. The van der Waals surface area contributed by atoms with E-state index in [-0.39, 0.29) is 54.7 Å². The highest BCUT2D eigenvalue weighted by atomic mass is 35.5. The quantitative estimate of drug-likeness (QED) is 0.410. The van der Waals surface area contributed by atoms with Gasteiger partial charge in [-0.05, 0) is 70.8 Å². The van der Waals surface area contributed by atoms with Gasteiger partial charge in [-0.25, -0.2) is 4.79 Å². The molecule has 0 aromatic heterocycles. The molecule has 1 aromatic rings. The van der Waals surface area contributed by atoms with Gasteiger partial charge in [-0.15, -0.1) is 12.4 Å². The predicted octanol–water partition coefficient (Wildman–Crippen LogP) is 5.91. The van der Waals surface area contributed by atoms with Gasteiger partial charge >= 0.3 is 12.2 Å². The average molecular weight is 597 g/mol. The van der Waals surface area contributed by atoms with E-state index in [2.05, 4.69) is 35.8 Å². The number of nitrogens with zero attached hydrogens (tertiary/aromatic N) is 4. The third-order valence-electron chi connectivity index (χ3n) is 10.9. The second-order valence-corrected chi connectivity index (χ2v) is 13.4. The van der Waals surface area contributed by atoms with E-state index >= 15 is 0 Å². The number of alkyl halides is 3. The zero-order valence-corrected chi connectivity index (χ0v) is 25.2. The summed E-state index contributed by atoms with van der Waals surface area (Å²) in [5.41, 5.74) is -1.24. The fourth-order valence-electron chi connectivity index (χ4n) is 8.93. The highest BCUT2D eigenvalue weighted by molar-refractivity contribution is 5.85. The van der Waals surface area contributed by atoms with E-state index in [0.717, 1.165) is 44.3 Å². The fourth-order valence-corrected chi connectivity index (χ4v) is 8.93. The number of hydrogen-bond donors (Lipinski definition) is 0. The zero-order valence-electron chi connectivity index (χ0n) is 24.4. The van der Waals surface area contributed by atoms with E-state index in [1.54, 1.807) is 0 Å². The lowest BCUT2D eigenvalue weighted by molar-refractivity contribution is -0.248. The number of carbonyl (C=O) groups is 2. The molecule has 4 aliphatic heterocycles. The van der Waals surface area contributed by atoms with Crippen molar-refractivity contribution in [3.63, 3.8) is 0 Å². The van der Waals surface area contributed by atoms with E-state index in [1.807, 2.05) is 30.0 Å². The molecule has 2 bridgehead atoms. The fraction of sp³-hybridized carbons (Fsp3) is 0.742. The van der Waals surface area contributed by atoms with Crippen LogP contribution in [0, 0.1) is 11.3 Å². The highest BCUT2D eigenvalue weighted by Gasteiger charge is 2.65. The van der Waals surface area contributed by atoms with Gasteiger partial charge in [-0.3, -0.25) is 9.69 Å². The number of piperidine rings is 1. The van der Waals surface area contributed by atoms with Gasteiger partial charge in [0.1, 0.15) is 5.41 Å². The number of likely N-dealkylation sites (N-methyl/N-ethyl adjacent to an activating group) is 1. The first-order chi connectivity index (χ1) is 19.0. The number of carbonyl (C=O) groups excluding carboxylic acids is 2. The Bertz CT molecular complexity index is 1110. The van der Waals surface area contributed by atoms with Crippen LogP contribution in [0.15, 0.2) is 30.3 Å².